The van der Waals surface area contributed by atoms with Crippen molar-refractivity contribution >= 4 is 0 Å². The molecule has 17 heavy (non-hydrogen) atoms. The molecule has 0 bridgehead atoms. The third-order valence-corrected chi connectivity index (χ3v) is 3.98. The summed E-state index contributed by atoms with van der Waals surface area (Å²) in [5.74, 6) is 0. The zero-order valence-corrected chi connectivity index (χ0v) is 12.3. The van der Waals surface area contributed by atoms with E-state index in [1.807, 2.05) is 0 Å². The van der Waals surface area contributed by atoms with Crippen LogP contribution in [0.15, 0.2) is 0 Å². The summed E-state index contributed by atoms with van der Waals surface area (Å²) in [5, 5.41) is 3.45. The molecule has 1 rings (SSSR count). The van der Waals surface area contributed by atoms with Crippen LogP contribution in [0, 0.1) is 5.41 Å². The minimum absolute atomic E-state index is 0.339. The summed E-state index contributed by atoms with van der Waals surface area (Å²) < 4.78 is 5.41. The molecule has 1 heterocycles. The van der Waals surface area contributed by atoms with Gasteiger partial charge in [-0.15, -0.1) is 0 Å². The summed E-state index contributed by atoms with van der Waals surface area (Å²) >= 11 is 0. The third kappa shape index (κ3) is 4.94. The maximum absolute atomic E-state index is 5.41. The van der Waals surface area contributed by atoms with Gasteiger partial charge in [0.05, 0.1) is 0 Å². The predicted molar refractivity (Wildman–Crippen MR) is 73.4 cm³/mol. The Hall–Kier alpha value is -0.120. The van der Waals surface area contributed by atoms with Crippen molar-refractivity contribution in [2.45, 2.75) is 52.1 Å². The lowest BCUT2D eigenvalue weighted by Gasteiger charge is -2.35. The Bertz CT molecular complexity index is 207. The van der Waals surface area contributed by atoms with E-state index in [1.54, 1.807) is 0 Å². The first-order valence-corrected chi connectivity index (χ1v) is 6.90. The van der Waals surface area contributed by atoms with Crippen LogP contribution in [0.5, 0.6) is 0 Å². The highest BCUT2D eigenvalue weighted by Gasteiger charge is 2.24. The van der Waals surface area contributed by atoms with Gasteiger partial charge in [-0.05, 0) is 45.3 Å². The molecule has 1 unspecified atom stereocenters. The monoisotopic (exact) mass is 242 g/mol. The van der Waals surface area contributed by atoms with Gasteiger partial charge in [0, 0.05) is 25.3 Å². The van der Waals surface area contributed by atoms with Crippen LogP contribution >= 0.6 is 0 Å². The highest BCUT2D eigenvalue weighted by atomic mass is 16.5. The van der Waals surface area contributed by atoms with Crippen molar-refractivity contribution in [3.8, 4) is 0 Å². The zero-order valence-electron chi connectivity index (χ0n) is 12.3. The fraction of sp³-hybridized carbons (Fsp3) is 1.00. The maximum atomic E-state index is 5.41. The van der Waals surface area contributed by atoms with E-state index >= 15 is 0 Å². The summed E-state index contributed by atoms with van der Waals surface area (Å²) in [4.78, 5) is 2.51. The third-order valence-electron chi connectivity index (χ3n) is 3.98. The van der Waals surface area contributed by atoms with Gasteiger partial charge in [-0.1, -0.05) is 20.8 Å². The minimum Gasteiger partial charge on any atom is -0.381 e. The highest BCUT2D eigenvalue weighted by Crippen LogP contribution is 2.22. The van der Waals surface area contributed by atoms with Gasteiger partial charge in [0.25, 0.3) is 0 Å². The molecule has 1 fully saturated rings. The second-order valence-corrected chi connectivity index (χ2v) is 6.32. The molecular weight excluding hydrogens is 212 g/mol. The fourth-order valence-electron chi connectivity index (χ4n) is 2.65. The summed E-state index contributed by atoms with van der Waals surface area (Å²) in [5.41, 5.74) is 0.339. The topological polar surface area (TPSA) is 24.5 Å². The minimum atomic E-state index is 0.339. The lowest BCUT2D eigenvalue weighted by molar-refractivity contribution is 0.0407. The molecule has 0 spiro atoms. The number of nitrogens with one attached hydrogen (secondary N) is 1. The maximum Gasteiger partial charge on any atom is 0.0480 e. The lowest BCUT2D eigenvalue weighted by Crippen LogP contribution is -2.43. The van der Waals surface area contributed by atoms with Gasteiger partial charge < -0.3 is 15.0 Å². The van der Waals surface area contributed by atoms with E-state index in [9.17, 15) is 0 Å². The van der Waals surface area contributed by atoms with Crippen molar-refractivity contribution in [3.63, 3.8) is 0 Å². The van der Waals surface area contributed by atoms with Crippen LogP contribution < -0.4 is 5.32 Å². The Morgan fingerprint density at radius 3 is 2.35 bits per heavy atom. The van der Waals surface area contributed by atoms with Crippen molar-refractivity contribution in [2.75, 3.05) is 33.9 Å². The van der Waals surface area contributed by atoms with Gasteiger partial charge in [-0.25, -0.2) is 0 Å². The number of hydrogen-bond acceptors (Lipinski definition) is 3. The molecule has 1 saturated heterocycles. The predicted octanol–water partition coefficient (Wildman–Crippen LogP) is 2.12. The van der Waals surface area contributed by atoms with E-state index in [4.69, 9.17) is 4.74 Å². The lowest BCUT2D eigenvalue weighted by atomic mass is 9.84. The average molecular weight is 242 g/mol. The van der Waals surface area contributed by atoms with Gasteiger partial charge in [0.15, 0.2) is 0 Å². The van der Waals surface area contributed by atoms with E-state index < -0.39 is 0 Å². The van der Waals surface area contributed by atoms with E-state index in [0.29, 0.717) is 11.5 Å². The Morgan fingerprint density at radius 2 is 1.88 bits per heavy atom. The Morgan fingerprint density at radius 1 is 1.29 bits per heavy atom. The SMILES string of the molecule is CNC(CCN(C)C1CCOCC1)C(C)(C)C. The molecule has 1 aliphatic rings. The van der Waals surface area contributed by atoms with Crippen LogP contribution in [0.1, 0.15) is 40.0 Å². The van der Waals surface area contributed by atoms with E-state index in [2.05, 4.69) is 45.1 Å². The Balaban J connectivity index is 2.32. The first kappa shape index (κ1) is 14.9. The van der Waals surface area contributed by atoms with Crippen LogP contribution in [0.2, 0.25) is 0 Å². The number of rotatable bonds is 5. The number of hydrogen-bond donors (Lipinski definition) is 1. The summed E-state index contributed by atoms with van der Waals surface area (Å²) in [6.07, 6.45) is 3.60. The van der Waals surface area contributed by atoms with Crippen molar-refractivity contribution in [3.05, 3.63) is 0 Å². The largest absolute Gasteiger partial charge is 0.381 e. The fourth-order valence-corrected chi connectivity index (χ4v) is 2.65. The van der Waals surface area contributed by atoms with E-state index in [1.165, 1.54) is 25.8 Å². The molecule has 1 N–H and O–H groups in total. The van der Waals surface area contributed by atoms with Crippen LogP contribution in [0.3, 0.4) is 0 Å². The Labute approximate surface area is 107 Å². The van der Waals surface area contributed by atoms with Gasteiger partial charge in [-0.2, -0.15) is 0 Å². The normalized spacial score (nSPS) is 20.8. The Kier molecular flexibility index (Phi) is 5.90. The van der Waals surface area contributed by atoms with Crippen LogP contribution in [0.25, 0.3) is 0 Å². The second kappa shape index (κ2) is 6.72. The van der Waals surface area contributed by atoms with Gasteiger partial charge in [0.2, 0.25) is 0 Å². The van der Waals surface area contributed by atoms with Gasteiger partial charge >= 0.3 is 0 Å². The molecule has 102 valence electrons. The molecule has 0 aromatic carbocycles. The number of ether oxygens (including phenoxy) is 1. The molecule has 0 aromatic heterocycles. The second-order valence-electron chi connectivity index (χ2n) is 6.32. The van der Waals surface area contributed by atoms with Gasteiger partial charge in [0.1, 0.15) is 0 Å². The first-order chi connectivity index (χ1) is 7.95. The summed E-state index contributed by atoms with van der Waals surface area (Å²) in [6.45, 7) is 9.97. The summed E-state index contributed by atoms with van der Waals surface area (Å²) in [7, 11) is 4.33. The molecule has 3 nitrogen and oxygen atoms in total. The van der Waals surface area contributed by atoms with E-state index in [-0.39, 0.29) is 0 Å². The average Bonchev–Trinajstić information content (AvgIpc) is 2.29. The smallest absolute Gasteiger partial charge is 0.0480 e. The molecule has 0 saturated carbocycles. The summed E-state index contributed by atoms with van der Waals surface area (Å²) in [6, 6.07) is 1.31. The van der Waals surface area contributed by atoms with Crippen molar-refractivity contribution in [1.82, 2.24) is 10.2 Å². The molecule has 0 aliphatic carbocycles. The zero-order chi connectivity index (χ0) is 12.9. The van der Waals surface area contributed by atoms with Crippen molar-refractivity contribution in [1.29, 1.82) is 0 Å². The first-order valence-electron chi connectivity index (χ1n) is 6.90. The molecule has 1 atom stereocenters. The van der Waals surface area contributed by atoms with Gasteiger partial charge in [-0.3, -0.25) is 0 Å². The highest BCUT2D eigenvalue weighted by molar-refractivity contribution is 4.81. The van der Waals surface area contributed by atoms with E-state index in [0.717, 1.165) is 19.3 Å². The molecule has 0 aromatic rings. The van der Waals surface area contributed by atoms with Crippen molar-refractivity contribution < 1.29 is 4.74 Å². The number of nitrogens with zero attached hydrogens (tertiary/aromatic N) is 1. The van der Waals surface area contributed by atoms with Crippen LogP contribution in [-0.2, 0) is 4.74 Å². The standard InChI is InChI=1S/C14H30N2O/c1-14(2,3)13(15-4)6-9-16(5)12-7-10-17-11-8-12/h12-13,15H,6-11H2,1-5H3. The molecule has 1 aliphatic heterocycles. The quantitative estimate of drug-likeness (QED) is 0.799. The molecular formula is C14H30N2O. The van der Waals surface area contributed by atoms with Crippen LogP contribution in [-0.4, -0.2) is 50.8 Å². The van der Waals surface area contributed by atoms with Crippen molar-refractivity contribution in [2.24, 2.45) is 5.41 Å². The molecule has 3 heteroatoms. The van der Waals surface area contributed by atoms with Crippen LogP contribution in [0.4, 0.5) is 0 Å². The molecule has 0 radical (unpaired) electrons. The molecule has 0 amide bonds.